The van der Waals surface area contributed by atoms with Crippen LogP contribution in [0.4, 0.5) is 0 Å². The van der Waals surface area contributed by atoms with Gasteiger partial charge in [-0.2, -0.15) is 0 Å². The standard InChI is InChI=1S/C15H32N2O/c1-4-15(5-2,13-18)12-16-14-8-7-10-17(6-3)11-9-14/h14,16,18H,4-13H2,1-3H3. The van der Waals surface area contributed by atoms with Gasteiger partial charge >= 0.3 is 0 Å². The highest BCUT2D eigenvalue weighted by Gasteiger charge is 2.26. The molecule has 0 aromatic carbocycles. The minimum absolute atomic E-state index is 0.0940. The fourth-order valence-electron chi connectivity index (χ4n) is 2.82. The van der Waals surface area contributed by atoms with Crippen molar-refractivity contribution in [2.75, 3.05) is 32.8 Å². The fourth-order valence-corrected chi connectivity index (χ4v) is 2.82. The molecule has 1 unspecified atom stereocenters. The van der Waals surface area contributed by atoms with Gasteiger partial charge in [-0.1, -0.05) is 20.8 Å². The van der Waals surface area contributed by atoms with Crippen molar-refractivity contribution in [3.05, 3.63) is 0 Å². The summed E-state index contributed by atoms with van der Waals surface area (Å²) < 4.78 is 0. The second kappa shape index (κ2) is 8.13. The predicted molar refractivity (Wildman–Crippen MR) is 77.9 cm³/mol. The smallest absolute Gasteiger partial charge is 0.0499 e. The van der Waals surface area contributed by atoms with Crippen LogP contribution in [0.3, 0.4) is 0 Å². The summed E-state index contributed by atoms with van der Waals surface area (Å²) in [5.74, 6) is 0. The van der Waals surface area contributed by atoms with E-state index >= 15 is 0 Å². The molecule has 1 aliphatic heterocycles. The monoisotopic (exact) mass is 256 g/mol. The van der Waals surface area contributed by atoms with E-state index in [1.165, 1.54) is 38.9 Å². The van der Waals surface area contributed by atoms with Crippen LogP contribution in [0.5, 0.6) is 0 Å². The zero-order chi connectivity index (χ0) is 13.4. The molecule has 1 heterocycles. The van der Waals surface area contributed by atoms with Crippen LogP contribution in [0.2, 0.25) is 0 Å². The Balaban J connectivity index is 2.38. The van der Waals surface area contributed by atoms with Gasteiger partial charge in [0.25, 0.3) is 0 Å². The minimum atomic E-state index is 0.0940. The first-order valence-corrected chi connectivity index (χ1v) is 7.76. The highest BCUT2D eigenvalue weighted by atomic mass is 16.3. The fraction of sp³-hybridized carbons (Fsp3) is 1.00. The van der Waals surface area contributed by atoms with Gasteiger partial charge in [-0.05, 0) is 51.7 Å². The molecule has 0 amide bonds. The summed E-state index contributed by atoms with van der Waals surface area (Å²) in [4.78, 5) is 2.54. The summed E-state index contributed by atoms with van der Waals surface area (Å²) in [5.41, 5.74) is 0.0940. The summed E-state index contributed by atoms with van der Waals surface area (Å²) in [6.07, 6.45) is 5.95. The van der Waals surface area contributed by atoms with Gasteiger partial charge in [0, 0.05) is 24.6 Å². The van der Waals surface area contributed by atoms with Crippen LogP contribution in [0, 0.1) is 5.41 Å². The van der Waals surface area contributed by atoms with Crippen molar-refractivity contribution in [3.8, 4) is 0 Å². The third kappa shape index (κ3) is 4.52. The summed E-state index contributed by atoms with van der Waals surface area (Å²) in [7, 11) is 0. The summed E-state index contributed by atoms with van der Waals surface area (Å²) in [6.45, 7) is 11.5. The molecule has 3 heteroatoms. The van der Waals surface area contributed by atoms with E-state index in [1.807, 2.05) is 0 Å². The van der Waals surface area contributed by atoms with Crippen molar-refractivity contribution >= 4 is 0 Å². The van der Waals surface area contributed by atoms with E-state index in [2.05, 4.69) is 31.0 Å². The van der Waals surface area contributed by atoms with Gasteiger partial charge in [-0.25, -0.2) is 0 Å². The molecule has 0 aromatic rings. The quantitative estimate of drug-likeness (QED) is 0.733. The maximum Gasteiger partial charge on any atom is 0.0499 e. The maximum atomic E-state index is 9.59. The third-order valence-corrected chi connectivity index (χ3v) is 4.87. The Morgan fingerprint density at radius 1 is 1.17 bits per heavy atom. The number of nitrogens with zero attached hydrogens (tertiary/aromatic N) is 1. The van der Waals surface area contributed by atoms with Crippen LogP contribution in [-0.2, 0) is 0 Å². The van der Waals surface area contributed by atoms with Gasteiger partial charge < -0.3 is 15.3 Å². The second-order valence-corrected chi connectivity index (χ2v) is 5.81. The predicted octanol–water partition coefficient (Wildman–Crippen LogP) is 2.25. The Bertz CT molecular complexity index is 208. The van der Waals surface area contributed by atoms with Crippen LogP contribution in [0.15, 0.2) is 0 Å². The van der Waals surface area contributed by atoms with Gasteiger partial charge in [0.1, 0.15) is 0 Å². The number of likely N-dealkylation sites (tertiary alicyclic amines) is 1. The molecule has 3 nitrogen and oxygen atoms in total. The molecule has 1 aliphatic rings. The Hall–Kier alpha value is -0.120. The van der Waals surface area contributed by atoms with Crippen molar-refractivity contribution < 1.29 is 5.11 Å². The van der Waals surface area contributed by atoms with Gasteiger partial charge in [0.15, 0.2) is 0 Å². The van der Waals surface area contributed by atoms with Crippen LogP contribution >= 0.6 is 0 Å². The van der Waals surface area contributed by atoms with E-state index in [0.29, 0.717) is 12.6 Å². The van der Waals surface area contributed by atoms with Gasteiger partial charge in [-0.15, -0.1) is 0 Å². The number of aliphatic hydroxyl groups excluding tert-OH is 1. The SMILES string of the molecule is CCN1CCCC(NCC(CC)(CC)CO)CC1. The molecule has 108 valence electrons. The van der Waals surface area contributed by atoms with Gasteiger partial charge in [0.05, 0.1) is 0 Å². The minimum Gasteiger partial charge on any atom is -0.396 e. The molecular formula is C15H32N2O. The van der Waals surface area contributed by atoms with Crippen LogP contribution in [-0.4, -0.2) is 48.8 Å². The molecule has 2 N–H and O–H groups in total. The lowest BCUT2D eigenvalue weighted by atomic mass is 9.83. The van der Waals surface area contributed by atoms with E-state index < -0.39 is 0 Å². The van der Waals surface area contributed by atoms with Crippen molar-refractivity contribution in [1.29, 1.82) is 0 Å². The van der Waals surface area contributed by atoms with Crippen molar-refractivity contribution in [2.45, 2.75) is 58.9 Å². The highest BCUT2D eigenvalue weighted by molar-refractivity contribution is 4.82. The lowest BCUT2D eigenvalue weighted by Gasteiger charge is -2.32. The maximum absolute atomic E-state index is 9.59. The Morgan fingerprint density at radius 2 is 1.89 bits per heavy atom. The normalized spacial score (nSPS) is 23.0. The molecule has 1 saturated heterocycles. The molecule has 0 saturated carbocycles. The third-order valence-electron chi connectivity index (χ3n) is 4.87. The summed E-state index contributed by atoms with van der Waals surface area (Å²) in [5, 5.41) is 13.3. The van der Waals surface area contributed by atoms with Gasteiger partial charge in [0.2, 0.25) is 0 Å². The Labute approximate surface area is 113 Å². The zero-order valence-electron chi connectivity index (χ0n) is 12.5. The summed E-state index contributed by atoms with van der Waals surface area (Å²) in [6, 6.07) is 0.644. The molecule has 18 heavy (non-hydrogen) atoms. The first-order valence-electron chi connectivity index (χ1n) is 7.76. The Morgan fingerprint density at radius 3 is 2.44 bits per heavy atom. The van der Waals surface area contributed by atoms with Crippen molar-refractivity contribution in [3.63, 3.8) is 0 Å². The second-order valence-electron chi connectivity index (χ2n) is 5.81. The molecule has 0 spiro atoms. The van der Waals surface area contributed by atoms with Crippen molar-refractivity contribution in [2.24, 2.45) is 5.41 Å². The van der Waals surface area contributed by atoms with Crippen LogP contribution in [0.25, 0.3) is 0 Å². The molecule has 0 radical (unpaired) electrons. The first-order chi connectivity index (χ1) is 8.69. The number of hydrogen-bond donors (Lipinski definition) is 2. The Kier molecular flexibility index (Phi) is 7.20. The number of nitrogens with one attached hydrogen (secondary N) is 1. The van der Waals surface area contributed by atoms with Crippen LogP contribution < -0.4 is 5.32 Å². The molecule has 1 fully saturated rings. The van der Waals surface area contributed by atoms with Gasteiger partial charge in [-0.3, -0.25) is 0 Å². The number of hydrogen-bond acceptors (Lipinski definition) is 3. The van der Waals surface area contributed by atoms with E-state index in [1.54, 1.807) is 0 Å². The summed E-state index contributed by atoms with van der Waals surface area (Å²) >= 11 is 0. The number of aliphatic hydroxyl groups is 1. The van der Waals surface area contributed by atoms with E-state index in [4.69, 9.17) is 0 Å². The lowest BCUT2D eigenvalue weighted by molar-refractivity contribution is 0.109. The lowest BCUT2D eigenvalue weighted by Crippen LogP contribution is -2.41. The van der Waals surface area contributed by atoms with E-state index in [-0.39, 0.29) is 5.41 Å². The molecule has 1 atom stereocenters. The molecular weight excluding hydrogens is 224 g/mol. The number of rotatable bonds is 7. The highest BCUT2D eigenvalue weighted by Crippen LogP contribution is 2.25. The molecule has 0 bridgehead atoms. The van der Waals surface area contributed by atoms with Crippen molar-refractivity contribution in [1.82, 2.24) is 10.2 Å². The average molecular weight is 256 g/mol. The molecule has 0 aliphatic carbocycles. The molecule has 1 rings (SSSR count). The zero-order valence-corrected chi connectivity index (χ0v) is 12.5. The largest absolute Gasteiger partial charge is 0.396 e. The first kappa shape index (κ1) is 15.9. The van der Waals surface area contributed by atoms with Crippen LogP contribution in [0.1, 0.15) is 52.9 Å². The topological polar surface area (TPSA) is 35.5 Å². The molecule has 0 aromatic heterocycles. The average Bonchev–Trinajstić information content (AvgIpc) is 2.66. The van der Waals surface area contributed by atoms with E-state index in [9.17, 15) is 5.11 Å². The van der Waals surface area contributed by atoms with E-state index in [0.717, 1.165) is 19.4 Å².